The monoisotopic (exact) mass is 382 g/mol. The summed E-state index contributed by atoms with van der Waals surface area (Å²) in [5.74, 6) is 0.604. The molecule has 0 radical (unpaired) electrons. The van der Waals surface area contributed by atoms with E-state index in [1.807, 2.05) is 17.0 Å². The van der Waals surface area contributed by atoms with E-state index in [0.29, 0.717) is 22.7 Å². The van der Waals surface area contributed by atoms with Crippen LogP contribution < -0.4 is 14.8 Å². The first kappa shape index (κ1) is 19.7. The third-order valence-electron chi connectivity index (χ3n) is 4.80. The van der Waals surface area contributed by atoms with Crippen molar-refractivity contribution in [1.82, 2.24) is 4.90 Å². The van der Waals surface area contributed by atoms with Gasteiger partial charge in [-0.2, -0.15) is 0 Å². The summed E-state index contributed by atoms with van der Waals surface area (Å²) in [6.07, 6.45) is 4.39. The van der Waals surface area contributed by atoms with Crippen LogP contribution in [0.15, 0.2) is 48.5 Å². The quantitative estimate of drug-likeness (QED) is 0.827. The minimum Gasteiger partial charge on any atom is -0.495 e. The third-order valence-corrected chi connectivity index (χ3v) is 4.80. The molecular weight excluding hydrogens is 356 g/mol. The maximum atomic E-state index is 12.8. The average Bonchev–Trinajstić information content (AvgIpc) is 3.02. The highest BCUT2D eigenvalue weighted by Crippen LogP contribution is 2.25. The number of rotatable bonds is 6. The van der Waals surface area contributed by atoms with E-state index in [-0.39, 0.29) is 18.4 Å². The molecule has 6 nitrogen and oxygen atoms in total. The molecule has 2 aromatic rings. The van der Waals surface area contributed by atoms with Crippen LogP contribution in [-0.2, 0) is 4.79 Å². The molecule has 0 bridgehead atoms. The van der Waals surface area contributed by atoms with Crippen LogP contribution >= 0.6 is 0 Å². The van der Waals surface area contributed by atoms with Gasteiger partial charge in [-0.15, -0.1) is 0 Å². The molecule has 1 aliphatic rings. The lowest BCUT2D eigenvalue weighted by molar-refractivity contribution is -0.133. The van der Waals surface area contributed by atoms with Gasteiger partial charge in [0, 0.05) is 13.1 Å². The molecule has 1 fully saturated rings. The number of methoxy groups -OCH3 is 1. The van der Waals surface area contributed by atoms with Crippen LogP contribution in [0.4, 0.5) is 5.69 Å². The lowest BCUT2D eigenvalue weighted by Gasteiger charge is -2.20. The van der Waals surface area contributed by atoms with Gasteiger partial charge in [0.2, 0.25) is 0 Å². The first-order valence-electron chi connectivity index (χ1n) is 9.63. The Morgan fingerprint density at radius 1 is 0.929 bits per heavy atom. The van der Waals surface area contributed by atoms with Gasteiger partial charge in [0.05, 0.1) is 18.4 Å². The lowest BCUT2D eigenvalue weighted by atomic mass is 10.1. The van der Waals surface area contributed by atoms with Crippen molar-refractivity contribution in [3.8, 4) is 11.5 Å². The molecule has 0 spiro atoms. The summed E-state index contributed by atoms with van der Waals surface area (Å²) in [6, 6.07) is 14.1. The van der Waals surface area contributed by atoms with E-state index in [2.05, 4.69) is 5.32 Å². The van der Waals surface area contributed by atoms with Crippen LogP contribution in [0.25, 0.3) is 0 Å². The summed E-state index contributed by atoms with van der Waals surface area (Å²) in [7, 11) is 1.55. The van der Waals surface area contributed by atoms with Crippen LogP contribution in [0.2, 0.25) is 0 Å². The number of hydrogen-bond donors (Lipinski definition) is 1. The second-order valence-corrected chi connectivity index (χ2v) is 6.73. The zero-order valence-corrected chi connectivity index (χ0v) is 16.1. The van der Waals surface area contributed by atoms with Crippen LogP contribution in [0.3, 0.4) is 0 Å². The van der Waals surface area contributed by atoms with Crippen molar-refractivity contribution >= 4 is 17.5 Å². The van der Waals surface area contributed by atoms with E-state index in [0.717, 1.165) is 38.8 Å². The fourth-order valence-corrected chi connectivity index (χ4v) is 3.27. The van der Waals surface area contributed by atoms with Crippen molar-refractivity contribution in [3.05, 3.63) is 54.1 Å². The Bertz CT molecular complexity index is 814. The molecule has 2 amide bonds. The number of likely N-dealkylation sites (tertiary alicyclic amines) is 1. The predicted molar refractivity (Wildman–Crippen MR) is 108 cm³/mol. The molecule has 1 N–H and O–H groups in total. The summed E-state index contributed by atoms with van der Waals surface area (Å²) >= 11 is 0. The van der Waals surface area contributed by atoms with Gasteiger partial charge < -0.3 is 19.7 Å². The molecule has 1 saturated heterocycles. The summed E-state index contributed by atoms with van der Waals surface area (Å²) < 4.78 is 11.0. The molecule has 0 unspecified atom stereocenters. The number of hydrogen-bond acceptors (Lipinski definition) is 4. The van der Waals surface area contributed by atoms with Crippen molar-refractivity contribution in [3.63, 3.8) is 0 Å². The summed E-state index contributed by atoms with van der Waals surface area (Å²) in [5, 5.41) is 2.84. The minimum atomic E-state index is -0.317. The molecule has 148 valence electrons. The lowest BCUT2D eigenvalue weighted by Crippen LogP contribution is -2.35. The van der Waals surface area contributed by atoms with Gasteiger partial charge in [-0.3, -0.25) is 9.59 Å². The van der Waals surface area contributed by atoms with Crippen LogP contribution in [0, 0.1) is 0 Å². The zero-order chi connectivity index (χ0) is 19.8. The molecule has 0 aliphatic carbocycles. The number of nitrogens with zero attached hydrogens (tertiary/aromatic N) is 1. The first-order valence-corrected chi connectivity index (χ1v) is 9.63. The molecule has 3 rings (SSSR count). The van der Waals surface area contributed by atoms with Crippen molar-refractivity contribution in [2.24, 2.45) is 0 Å². The highest BCUT2D eigenvalue weighted by molar-refractivity contribution is 6.06. The predicted octanol–water partition coefficient (Wildman–Crippen LogP) is 3.73. The smallest absolute Gasteiger partial charge is 0.260 e. The van der Waals surface area contributed by atoms with Crippen molar-refractivity contribution < 1.29 is 19.1 Å². The van der Waals surface area contributed by atoms with Crippen molar-refractivity contribution in [2.45, 2.75) is 25.7 Å². The minimum absolute atomic E-state index is 0.0400. The second-order valence-electron chi connectivity index (χ2n) is 6.73. The standard InChI is InChI=1S/C22H26N2O4/c1-27-20-13-7-5-11-18(20)23-22(26)17-10-4-6-12-19(17)28-16-21(25)24-14-8-2-3-9-15-24/h4-7,10-13H,2-3,8-9,14-16H2,1H3,(H,23,26). The molecule has 0 aromatic heterocycles. The van der Waals surface area contributed by atoms with Crippen molar-refractivity contribution in [2.75, 3.05) is 32.1 Å². The number of benzene rings is 2. The molecule has 28 heavy (non-hydrogen) atoms. The average molecular weight is 382 g/mol. The maximum Gasteiger partial charge on any atom is 0.260 e. The Balaban J connectivity index is 1.67. The largest absolute Gasteiger partial charge is 0.495 e. The summed E-state index contributed by atoms with van der Waals surface area (Å²) in [4.78, 5) is 27.1. The molecule has 0 saturated carbocycles. The molecule has 6 heteroatoms. The number of carbonyl (C=O) groups excluding carboxylic acids is 2. The van der Waals surface area contributed by atoms with Gasteiger partial charge in [0.25, 0.3) is 11.8 Å². The van der Waals surface area contributed by atoms with E-state index in [9.17, 15) is 9.59 Å². The summed E-state index contributed by atoms with van der Waals surface area (Å²) in [5.41, 5.74) is 0.947. The van der Waals surface area contributed by atoms with Gasteiger partial charge >= 0.3 is 0 Å². The van der Waals surface area contributed by atoms with Crippen molar-refractivity contribution in [1.29, 1.82) is 0 Å². The van der Waals surface area contributed by atoms with Crippen LogP contribution in [0.1, 0.15) is 36.0 Å². The summed E-state index contributed by atoms with van der Waals surface area (Å²) in [6.45, 7) is 1.48. The fraction of sp³-hybridized carbons (Fsp3) is 0.364. The van der Waals surface area contributed by atoms with Gasteiger partial charge in [0.1, 0.15) is 11.5 Å². The Labute approximate surface area is 165 Å². The van der Waals surface area contributed by atoms with Gasteiger partial charge in [0.15, 0.2) is 6.61 Å². The van der Waals surface area contributed by atoms with Gasteiger partial charge in [-0.05, 0) is 37.1 Å². The van der Waals surface area contributed by atoms with Gasteiger partial charge in [-0.25, -0.2) is 0 Å². The molecule has 1 heterocycles. The normalized spacial score (nSPS) is 14.1. The number of carbonyl (C=O) groups is 2. The van der Waals surface area contributed by atoms with E-state index in [1.54, 1.807) is 43.5 Å². The highest BCUT2D eigenvalue weighted by atomic mass is 16.5. The van der Waals surface area contributed by atoms with Crippen LogP contribution in [0.5, 0.6) is 11.5 Å². The Morgan fingerprint density at radius 3 is 2.29 bits per heavy atom. The first-order chi connectivity index (χ1) is 13.7. The SMILES string of the molecule is COc1ccccc1NC(=O)c1ccccc1OCC(=O)N1CCCCCC1. The van der Waals surface area contributed by atoms with E-state index in [4.69, 9.17) is 9.47 Å². The second kappa shape index (κ2) is 9.78. The number of nitrogens with one attached hydrogen (secondary N) is 1. The molecular formula is C22H26N2O4. The maximum absolute atomic E-state index is 12.8. The molecule has 1 aliphatic heterocycles. The number of ether oxygens (including phenoxy) is 2. The Kier molecular flexibility index (Phi) is 6.89. The highest BCUT2D eigenvalue weighted by Gasteiger charge is 2.18. The third kappa shape index (κ3) is 5.03. The number of para-hydroxylation sites is 3. The Hall–Kier alpha value is -3.02. The van der Waals surface area contributed by atoms with E-state index in [1.165, 1.54) is 0 Å². The zero-order valence-electron chi connectivity index (χ0n) is 16.1. The van der Waals surface area contributed by atoms with E-state index >= 15 is 0 Å². The molecule has 2 aromatic carbocycles. The topological polar surface area (TPSA) is 67.9 Å². The van der Waals surface area contributed by atoms with E-state index < -0.39 is 0 Å². The Morgan fingerprint density at radius 2 is 1.57 bits per heavy atom. The fourth-order valence-electron chi connectivity index (χ4n) is 3.27. The molecule has 0 atom stereocenters. The van der Waals surface area contributed by atoms with Gasteiger partial charge in [-0.1, -0.05) is 37.1 Å². The van der Waals surface area contributed by atoms with Crippen LogP contribution in [-0.4, -0.2) is 43.5 Å². The number of amides is 2. The number of anilines is 1.